The van der Waals surface area contributed by atoms with Crippen LogP contribution in [0.4, 0.5) is 0 Å². The molecule has 3 aliphatic rings. The zero-order valence-electron chi connectivity index (χ0n) is 9.65. The van der Waals surface area contributed by atoms with Gasteiger partial charge in [-0.2, -0.15) is 0 Å². The monoisotopic (exact) mass is 221 g/mol. The third kappa shape index (κ3) is 2.13. The second-order valence-corrected chi connectivity index (χ2v) is 5.64. The van der Waals surface area contributed by atoms with Crippen molar-refractivity contribution in [3.63, 3.8) is 0 Å². The first-order chi connectivity index (χ1) is 7.74. The Balaban J connectivity index is 1.59. The van der Waals surface area contributed by atoms with Gasteiger partial charge < -0.3 is 4.90 Å². The van der Waals surface area contributed by atoms with Crippen molar-refractivity contribution in [2.75, 3.05) is 13.1 Å². The lowest BCUT2D eigenvalue weighted by atomic mass is 9.96. The minimum absolute atomic E-state index is 0.0718. The van der Waals surface area contributed by atoms with E-state index in [0.717, 1.165) is 24.3 Å². The Morgan fingerprint density at radius 3 is 2.25 bits per heavy atom. The molecule has 3 fully saturated rings. The van der Waals surface area contributed by atoms with E-state index >= 15 is 0 Å². The molecular formula is C13H19NO2. The van der Waals surface area contributed by atoms with E-state index in [0.29, 0.717) is 13.0 Å². The quantitative estimate of drug-likeness (QED) is 0.676. The summed E-state index contributed by atoms with van der Waals surface area (Å²) in [4.78, 5) is 24.8. The van der Waals surface area contributed by atoms with E-state index in [1.165, 1.54) is 25.7 Å². The molecule has 1 amide bonds. The van der Waals surface area contributed by atoms with Crippen molar-refractivity contribution in [2.45, 2.75) is 38.5 Å². The van der Waals surface area contributed by atoms with E-state index in [1.807, 2.05) is 4.90 Å². The number of carbonyl (C=O) groups is 2. The Morgan fingerprint density at radius 1 is 1.12 bits per heavy atom. The van der Waals surface area contributed by atoms with Crippen molar-refractivity contribution in [3.05, 3.63) is 0 Å². The van der Waals surface area contributed by atoms with Crippen LogP contribution in [0.5, 0.6) is 0 Å². The van der Waals surface area contributed by atoms with Gasteiger partial charge in [-0.3, -0.25) is 9.59 Å². The van der Waals surface area contributed by atoms with Crippen LogP contribution in [0.2, 0.25) is 0 Å². The highest BCUT2D eigenvalue weighted by Gasteiger charge is 2.42. The van der Waals surface area contributed by atoms with Crippen LogP contribution in [0.1, 0.15) is 38.5 Å². The van der Waals surface area contributed by atoms with Crippen LogP contribution in [0.15, 0.2) is 0 Å². The summed E-state index contributed by atoms with van der Waals surface area (Å²) in [5.74, 6) is 2.71. The zero-order chi connectivity index (χ0) is 11.1. The van der Waals surface area contributed by atoms with Crippen LogP contribution in [0.3, 0.4) is 0 Å². The molecule has 3 heteroatoms. The lowest BCUT2D eigenvalue weighted by Crippen LogP contribution is -2.42. The first kappa shape index (κ1) is 10.3. The number of likely N-dealkylation sites (tertiary alicyclic amines) is 1. The summed E-state index contributed by atoms with van der Waals surface area (Å²) < 4.78 is 0. The molecule has 0 N–H and O–H groups in total. The fourth-order valence-electron chi connectivity index (χ4n) is 2.93. The second kappa shape index (κ2) is 3.86. The number of ketones is 1. The largest absolute Gasteiger partial charge is 0.342 e. The van der Waals surface area contributed by atoms with Gasteiger partial charge in [0.1, 0.15) is 5.78 Å². The summed E-state index contributed by atoms with van der Waals surface area (Å²) in [5.41, 5.74) is 0. The number of amides is 1. The van der Waals surface area contributed by atoms with Crippen LogP contribution >= 0.6 is 0 Å². The van der Waals surface area contributed by atoms with Crippen molar-refractivity contribution in [1.29, 1.82) is 0 Å². The molecule has 0 aromatic carbocycles. The molecule has 0 unspecified atom stereocenters. The highest BCUT2D eigenvalue weighted by atomic mass is 16.2. The van der Waals surface area contributed by atoms with E-state index in [1.54, 1.807) is 0 Å². The number of hydrogen-bond donors (Lipinski definition) is 0. The number of carbonyl (C=O) groups excluding carboxylic acids is 2. The van der Waals surface area contributed by atoms with Crippen LogP contribution in [0, 0.1) is 17.8 Å². The number of hydrogen-bond acceptors (Lipinski definition) is 2. The highest BCUT2D eigenvalue weighted by Crippen LogP contribution is 2.49. The molecule has 0 atom stereocenters. The summed E-state index contributed by atoms with van der Waals surface area (Å²) in [6.45, 7) is 1.61. The molecule has 0 aromatic heterocycles. The van der Waals surface area contributed by atoms with Gasteiger partial charge in [-0.1, -0.05) is 0 Å². The minimum Gasteiger partial charge on any atom is -0.342 e. The standard InChI is InChI=1S/C13H19NO2/c15-11-5-6-14(13(16)7-11)8-12(9-1-2-9)10-3-4-10/h9-10,12H,1-8H2. The maximum atomic E-state index is 11.7. The average Bonchev–Trinajstić information content (AvgIpc) is 3.11. The number of Topliss-reactive ketones (excluding diaryl/α,β-unsaturated/α-hetero) is 1. The van der Waals surface area contributed by atoms with E-state index in [4.69, 9.17) is 0 Å². The Labute approximate surface area is 96.2 Å². The van der Waals surface area contributed by atoms with E-state index < -0.39 is 0 Å². The van der Waals surface area contributed by atoms with E-state index in [9.17, 15) is 9.59 Å². The summed E-state index contributed by atoms with van der Waals surface area (Å²) in [6.07, 6.45) is 6.18. The summed E-state index contributed by atoms with van der Waals surface area (Å²) in [7, 11) is 0. The molecule has 0 bridgehead atoms. The van der Waals surface area contributed by atoms with Crippen molar-refractivity contribution in [1.82, 2.24) is 4.90 Å². The zero-order valence-corrected chi connectivity index (χ0v) is 9.65. The molecule has 3 rings (SSSR count). The Kier molecular flexibility index (Phi) is 2.49. The van der Waals surface area contributed by atoms with Gasteiger partial charge in [0.2, 0.25) is 5.91 Å². The van der Waals surface area contributed by atoms with Gasteiger partial charge in [0, 0.05) is 19.5 Å². The van der Waals surface area contributed by atoms with Gasteiger partial charge in [-0.15, -0.1) is 0 Å². The summed E-state index contributed by atoms with van der Waals surface area (Å²) >= 11 is 0. The first-order valence-corrected chi connectivity index (χ1v) is 6.53. The highest BCUT2D eigenvalue weighted by molar-refractivity contribution is 6.00. The molecular weight excluding hydrogens is 202 g/mol. The van der Waals surface area contributed by atoms with Gasteiger partial charge in [0.05, 0.1) is 6.42 Å². The third-order valence-corrected chi connectivity index (χ3v) is 4.25. The molecule has 16 heavy (non-hydrogen) atoms. The molecule has 88 valence electrons. The SMILES string of the molecule is O=C1CCN(CC(C2CC2)C2CC2)C(=O)C1. The smallest absolute Gasteiger partial charge is 0.230 e. The van der Waals surface area contributed by atoms with Crippen molar-refractivity contribution in [2.24, 2.45) is 17.8 Å². The molecule has 0 radical (unpaired) electrons. The van der Waals surface area contributed by atoms with E-state index in [-0.39, 0.29) is 18.1 Å². The van der Waals surface area contributed by atoms with Gasteiger partial charge in [0.15, 0.2) is 0 Å². The van der Waals surface area contributed by atoms with Crippen LogP contribution in [-0.4, -0.2) is 29.7 Å². The van der Waals surface area contributed by atoms with Crippen LogP contribution in [-0.2, 0) is 9.59 Å². The molecule has 1 heterocycles. The van der Waals surface area contributed by atoms with Crippen molar-refractivity contribution in [3.8, 4) is 0 Å². The molecule has 3 nitrogen and oxygen atoms in total. The predicted molar refractivity (Wildman–Crippen MR) is 59.8 cm³/mol. The number of nitrogens with zero attached hydrogens (tertiary/aromatic N) is 1. The van der Waals surface area contributed by atoms with Gasteiger partial charge in [0.25, 0.3) is 0 Å². The molecule has 2 saturated carbocycles. The van der Waals surface area contributed by atoms with Gasteiger partial charge >= 0.3 is 0 Å². The molecule has 0 spiro atoms. The second-order valence-electron chi connectivity index (χ2n) is 5.64. The predicted octanol–water partition coefficient (Wildman–Crippen LogP) is 1.61. The fourth-order valence-corrected chi connectivity index (χ4v) is 2.93. The minimum atomic E-state index is 0.0718. The van der Waals surface area contributed by atoms with Gasteiger partial charge in [-0.05, 0) is 43.4 Å². The summed E-state index contributed by atoms with van der Waals surface area (Å²) in [6, 6.07) is 0. The van der Waals surface area contributed by atoms with E-state index in [2.05, 4.69) is 0 Å². The van der Waals surface area contributed by atoms with Crippen molar-refractivity contribution >= 4 is 11.7 Å². The lowest BCUT2D eigenvalue weighted by molar-refractivity contribution is -0.140. The molecule has 1 aliphatic heterocycles. The average molecular weight is 221 g/mol. The van der Waals surface area contributed by atoms with Crippen molar-refractivity contribution < 1.29 is 9.59 Å². The number of piperidine rings is 1. The Hall–Kier alpha value is -0.860. The Bertz CT molecular complexity index is 306. The van der Waals surface area contributed by atoms with Gasteiger partial charge in [-0.25, -0.2) is 0 Å². The molecule has 1 saturated heterocycles. The topological polar surface area (TPSA) is 37.4 Å². The molecule has 2 aliphatic carbocycles. The lowest BCUT2D eigenvalue weighted by Gasteiger charge is -2.30. The third-order valence-electron chi connectivity index (χ3n) is 4.25. The number of rotatable bonds is 4. The Morgan fingerprint density at radius 2 is 1.75 bits per heavy atom. The fraction of sp³-hybridized carbons (Fsp3) is 0.846. The maximum absolute atomic E-state index is 11.7. The van der Waals surface area contributed by atoms with Crippen LogP contribution < -0.4 is 0 Å². The van der Waals surface area contributed by atoms with Crippen LogP contribution in [0.25, 0.3) is 0 Å². The maximum Gasteiger partial charge on any atom is 0.230 e. The normalized spacial score (nSPS) is 26.7. The summed E-state index contributed by atoms with van der Waals surface area (Å²) in [5, 5.41) is 0. The molecule has 0 aromatic rings. The first-order valence-electron chi connectivity index (χ1n) is 6.53.